The normalized spacial score (nSPS) is 11.1. The molecule has 156 valence electrons. The van der Waals surface area contributed by atoms with Crippen molar-refractivity contribution in [1.82, 2.24) is 0 Å². The first kappa shape index (κ1) is 21.7. The van der Waals surface area contributed by atoms with Gasteiger partial charge in [-0.1, -0.05) is 17.7 Å². The second kappa shape index (κ2) is 8.77. The molecule has 30 heavy (non-hydrogen) atoms. The number of ether oxygens (including phenoxy) is 1. The van der Waals surface area contributed by atoms with Crippen LogP contribution in [0, 0.1) is 13.8 Å². The Hall–Kier alpha value is -3.03. The minimum absolute atomic E-state index is 0.0533. The SMILES string of the molecule is COc1ccc(Cl)cc1NC(=O)c1ccc(S(=O)(=O)Nc2ccc(C)c(C)c2)cc1. The lowest BCUT2D eigenvalue weighted by Gasteiger charge is -2.12. The summed E-state index contributed by atoms with van der Waals surface area (Å²) in [5, 5.41) is 3.16. The van der Waals surface area contributed by atoms with Gasteiger partial charge in [-0.2, -0.15) is 0 Å². The number of amides is 1. The third-order valence-electron chi connectivity index (χ3n) is 4.60. The Morgan fingerprint density at radius 2 is 1.63 bits per heavy atom. The zero-order valence-corrected chi connectivity index (χ0v) is 18.3. The van der Waals surface area contributed by atoms with Crippen molar-refractivity contribution < 1.29 is 17.9 Å². The summed E-state index contributed by atoms with van der Waals surface area (Å²) in [4.78, 5) is 12.6. The maximum atomic E-state index is 12.6. The summed E-state index contributed by atoms with van der Waals surface area (Å²) in [5.74, 6) is 0.0474. The van der Waals surface area contributed by atoms with Gasteiger partial charge in [-0.3, -0.25) is 9.52 Å². The van der Waals surface area contributed by atoms with E-state index >= 15 is 0 Å². The minimum atomic E-state index is -3.78. The van der Waals surface area contributed by atoms with E-state index in [1.165, 1.54) is 31.4 Å². The number of hydrogen-bond acceptors (Lipinski definition) is 4. The summed E-state index contributed by atoms with van der Waals surface area (Å²) >= 11 is 5.98. The standard InChI is InChI=1S/C22H21ClN2O4S/c1-14-4-8-18(12-15(14)2)25-30(27,28)19-9-5-16(6-10-19)22(26)24-20-13-17(23)7-11-21(20)29-3/h4-13,25H,1-3H3,(H,24,26). The van der Waals surface area contributed by atoms with Gasteiger partial charge in [-0.05, 0) is 79.6 Å². The number of halogens is 1. The average molecular weight is 445 g/mol. The Kier molecular flexibility index (Phi) is 6.34. The van der Waals surface area contributed by atoms with E-state index < -0.39 is 15.9 Å². The van der Waals surface area contributed by atoms with Crippen molar-refractivity contribution in [3.05, 3.63) is 82.4 Å². The van der Waals surface area contributed by atoms with Crippen LogP contribution in [0.25, 0.3) is 0 Å². The van der Waals surface area contributed by atoms with Crippen LogP contribution in [0.4, 0.5) is 11.4 Å². The van der Waals surface area contributed by atoms with Gasteiger partial charge in [0.15, 0.2) is 0 Å². The molecule has 0 saturated carbocycles. The number of aryl methyl sites for hydroxylation is 2. The molecule has 0 aliphatic heterocycles. The molecule has 0 heterocycles. The highest BCUT2D eigenvalue weighted by Crippen LogP contribution is 2.28. The second-order valence-electron chi connectivity index (χ2n) is 6.73. The van der Waals surface area contributed by atoms with Crippen LogP contribution < -0.4 is 14.8 Å². The fraction of sp³-hybridized carbons (Fsp3) is 0.136. The van der Waals surface area contributed by atoms with Crippen LogP contribution in [-0.2, 0) is 10.0 Å². The molecule has 0 spiro atoms. The van der Waals surface area contributed by atoms with Crippen LogP contribution >= 0.6 is 11.6 Å². The van der Waals surface area contributed by atoms with Crippen LogP contribution in [-0.4, -0.2) is 21.4 Å². The molecule has 0 bridgehead atoms. The number of nitrogens with one attached hydrogen (secondary N) is 2. The molecule has 0 fully saturated rings. The van der Waals surface area contributed by atoms with Gasteiger partial charge in [-0.15, -0.1) is 0 Å². The van der Waals surface area contributed by atoms with Gasteiger partial charge in [0.05, 0.1) is 17.7 Å². The Morgan fingerprint density at radius 1 is 0.933 bits per heavy atom. The number of sulfonamides is 1. The zero-order chi connectivity index (χ0) is 21.9. The van der Waals surface area contributed by atoms with Gasteiger partial charge in [0, 0.05) is 16.3 Å². The van der Waals surface area contributed by atoms with Gasteiger partial charge in [-0.25, -0.2) is 8.42 Å². The summed E-state index contributed by atoms with van der Waals surface area (Å²) in [6, 6.07) is 15.9. The number of hydrogen-bond donors (Lipinski definition) is 2. The van der Waals surface area contributed by atoms with E-state index in [2.05, 4.69) is 10.0 Å². The van der Waals surface area contributed by atoms with Crippen molar-refractivity contribution >= 4 is 38.9 Å². The van der Waals surface area contributed by atoms with Crippen molar-refractivity contribution in [2.45, 2.75) is 18.7 Å². The molecule has 0 unspecified atom stereocenters. The largest absolute Gasteiger partial charge is 0.495 e. The van der Waals surface area contributed by atoms with Gasteiger partial charge in [0.2, 0.25) is 0 Å². The van der Waals surface area contributed by atoms with Crippen LogP contribution in [0.1, 0.15) is 21.5 Å². The van der Waals surface area contributed by atoms with Gasteiger partial charge in [0.25, 0.3) is 15.9 Å². The summed E-state index contributed by atoms with van der Waals surface area (Å²) in [6.07, 6.45) is 0. The van der Waals surface area contributed by atoms with Crippen LogP contribution in [0.3, 0.4) is 0 Å². The number of benzene rings is 3. The van der Waals surface area contributed by atoms with Crippen molar-refractivity contribution in [3.8, 4) is 5.75 Å². The Labute approximate surface area is 180 Å². The maximum absolute atomic E-state index is 12.6. The second-order valence-corrected chi connectivity index (χ2v) is 8.85. The minimum Gasteiger partial charge on any atom is -0.495 e. The van der Waals surface area contributed by atoms with Gasteiger partial charge in [0.1, 0.15) is 5.75 Å². The molecule has 0 aliphatic rings. The fourth-order valence-electron chi connectivity index (χ4n) is 2.78. The highest BCUT2D eigenvalue weighted by Gasteiger charge is 2.16. The van der Waals surface area contributed by atoms with E-state index in [1.54, 1.807) is 30.3 Å². The summed E-state index contributed by atoms with van der Waals surface area (Å²) < 4.78 is 33.1. The lowest BCUT2D eigenvalue weighted by molar-refractivity contribution is 0.102. The number of rotatable bonds is 6. The Bertz CT molecular complexity index is 1190. The number of carbonyl (C=O) groups is 1. The topological polar surface area (TPSA) is 84.5 Å². The predicted octanol–water partition coefficient (Wildman–Crippen LogP) is 5.02. The number of methoxy groups -OCH3 is 1. The summed E-state index contributed by atoms with van der Waals surface area (Å²) in [5.41, 5.74) is 3.25. The van der Waals surface area contributed by atoms with E-state index in [0.717, 1.165) is 11.1 Å². The predicted molar refractivity (Wildman–Crippen MR) is 119 cm³/mol. The molecule has 2 N–H and O–H groups in total. The highest BCUT2D eigenvalue weighted by atomic mass is 35.5. The van der Waals surface area contributed by atoms with Crippen LogP contribution in [0.2, 0.25) is 5.02 Å². The first-order chi connectivity index (χ1) is 14.2. The van der Waals surface area contributed by atoms with E-state index in [9.17, 15) is 13.2 Å². The lowest BCUT2D eigenvalue weighted by Crippen LogP contribution is -2.15. The molecule has 0 aliphatic carbocycles. The molecule has 0 aromatic heterocycles. The van der Waals surface area contributed by atoms with Crippen LogP contribution in [0.5, 0.6) is 5.75 Å². The van der Waals surface area contributed by atoms with E-state index in [-0.39, 0.29) is 4.90 Å². The quantitative estimate of drug-likeness (QED) is 0.559. The number of carbonyl (C=O) groups excluding carboxylic acids is 1. The van der Waals surface area contributed by atoms with Crippen LogP contribution in [0.15, 0.2) is 65.6 Å². The molecule has 3 rings (SSSR count). The fourth-order valence-corrected chi connectivity index (χ4v) is 4.00. The molecule has 8 heteroatoms. The highest BCUT2D eigenvalue weighted by molar-refractivity contribution is 7.92. The molecule has 0 saturated heterocycles. The Balaban J connectivity index is 1.77. The van der Waals surface area contributed by atoms with Crippen molar-refractivity contribution in [2.24, 2.45) is 0 Å². The molecule has 0 radical (unpaired) electrons. The first-order valence-electron chi connectivity index (χ1n) is 9.04. The van der Waals surface area contributed by atoms with Crippen molar-refractivity contribution in [1.29, 1.82) is 0 Å². The molecule has 3 aromatic carbocycles. The zero-order valence-electron chi connectivity index (χ0n) is 16.7. The monoisotopic (exact) mass is 444 g/mol. The van der Waals surface area contributed by atoms with E-state index in [0.29, 0.717) is 27.7 Å². The summed E-state index contributed by atoms with van der Waals surface area (Å²) in [6.45, 7) is 3.87. The van der Waals surface area contributed by atoms with Crippen molar-refractivity contribution in [2.75, 3.05) is 17.1 Å². The van der Waals surface area contributed by atoms with Gasteiger partial charge < -0.3 is 10.1 Å². The Morgan fingerprint density at radius 3 is 2.27 bits per heavy atom. The molecule has 1 amide bonds. The molecule has 6 nitrogen and oxygen atoms in total. The van der Waals surface area contributed by atoms with E-state index in [4.69, 9.17) is 16.3 Å². The maximum Gasteiger partial charge on any atom is 0.261 e. The molecular weight excluding hydrogens is 424 g/mol. The third-order valence-corrected chi connectivity index (χ3v) is 6.23. The molecule has 3 aromatic rings. The first-order valence-corrected chi connectivity index (χ1v) is 10.9. The van der Waals surface area contributed by atoms with E-state index in [1.807, 2.05) is 19.9 Å². The van der Waals surface area contributed by atoms with Gasteiger partial charge >= 0.3 is 0 Å². The molecule has 0 atom stereocenters. The number of anilines is 2. The average Bonchev–Trinajstić information content (AvgIpc) is 2.71. The molecular formula is C22H21ClN2O4S. The lowest BCUT2D eigenvalue weighted by atomic mass is 10.1. The third kappa shape index (κ3) is 4.93. The van der Waals surface area contributed by atoms with Crippen molar-refractivity contribution in [3.63, 3.8) is 0 Å². The smallest absolute Gasteiger partial charge is 0.261 e. The summed E-state index contributed by atoms with van der Waals surface area (Å²) in [7, 11) is -2.29.